The van der Waals surface area contributed by atoms with Crippen LogP contribution in [-0.2, 0) is 16.0 Å². The second-order valence-electron chi connectivity index (χ2n) is 9.18. The Morgan fingerprint density at radius 3 is 2.68 bits per heavy atom. The van der Waals surface area contributed by atoms with Gasteiger partial charge < -0.3 is 18.9 Å². The number of benzene rings is 3. The molecule has 3 aromatic carbocycles. The molecular formula is C28H28FN4O5+. The highest BCUT2D eigenvalue weighted by molar-refractivity contribution is 5.89. The van der Waals surface area contributed by atoms with E-state index in [2.05, 4.69) is 5.22 Å². The van der Waals surface area contributed by atoms with Gasteiger partial charge >= 0.3 is 5.97 Å². The van der Waals surface area contributed by atoms with Crippen LogP contribution in [-0.4, -0.2) is 37.3 Å². The Morgan fingerprint density at radius 2 is 1.95 bits per heavy atom. The minimum Gasteiger partial charge on any atom is -0.492 e. The first-order valence-corrected chi connectivity index (χ1v) is 12.2. The molecule has 0 bridgehead atoms. The van der Waals surface area contributed by atoms with Gasteiger partial charge in [-0.25, -0.2) is 10.2 Å². The molecule has 3 N–H and O–H groups in total. The van der Waals surface area contributed by atoms with Gasteiger partial charge in [0.05, 0.1) is 32.7 Å². The molecular weight excluding hydrogens is 491 g/mol. The van der Waals surface area contributed by atoms with Crippen molar-refractivity contribution in [2.75, 3.05) is 20.8 Å². The SMILES string of the molecule is COC(=O)CC1COc2cc(O[C@@H]3CCc4c(Oc5ccc(C(=N)[N+](C)=NN)cc5)ccc(F)c43)ccc21. The highest BCUT2D eigenvalue weighted by atomic mass is 19.1. The van der Waals surface area contributed by atoms with Crippen LogP contribution >= 0.6 is 0 Å². The van der Waals surface area contributed by atoms with Crippen LogP contribution in [0.4, 0.5) is 4.39 Å². The van der Waals surface area contributed by atoms with Gasteiger partial charge in [-0.1, -0.05) is 6.07 Å². The number of hydrogen-bond acceptors (Lipinski definition) is 7. The molecule has 0 fully saturated rings. The lowest BCUT2D eigenvalue weighted by atomic mass is 9.98. The van der Waals surface area contributed by atoms with Crippen LogP contribution in [0.25, 0.3) is 0 Å². The molecule has 38 heavy (non-hydrogen) atoms. The molecule has 3 aromatic rings. The Morgan fingerprint density at radius 1 is 1.18 bits per heavy atom. The molecule has 1 unspecified atom stereocenters. The fraction of sp³-hybridized carbons (Fsp3) is 0.286. The van der Waals surface area contributed by atoms with Gasteiger partial charge in [0.15, 0.2) is 0 Å². The number of rotatable bonds is 7. The standard InChI is InChI=1S/C28H27FN4O5/c1-33(32-31)28(30)16-3-5-18(6-4-16)37-23-12-10-22(29)27-21(23)9-11-24(27)38-19-7-8-20-17(13-26(34)35-2)15-36-25(20)14-19/h3-8,10,12,14,17,24,30-31H,9,11,13,15H2,1-2H3/p+1/t17?,24-/m1/s1. The van der Waals surface area contributed by atoms with Crippen molar-refractivity contribution in [3.8, 4) is 23.0 Å². The molecule has 10 heteroatoms. The minimum atomic E-state index is -0.475. The van der Waals surface area contributed by atoms with E-state index in [4.69, 9.17) is 30.2 Å². The predicted molar refractivity (Wildman–Crippen MR) is 136 cm³/mol. The second-order valence-corrected chi connectivity index (χ2v) is 9.18. The zero-order chi connectivity index (χ0) is 26.8. The molecule has 9 nitrogen and oxygen atoms in total. The van der Waals surface area contributed by atoms with Gasteiger partial charge in [-0.05, 0) is 55.3 Å². The highest BCUT2D eigenvalue weighted by Gasteiger charge is 2.32. The van der Waals surface area contributed by atoms with Gasteiger partial charge in [-0.15, -0.1) is 4.70 Å². The Balaban J connectivity index is 1.32. The lowest BCUT2D eigenvalue weighted by Crippen LogP contribution is -2.16. The monoisotopic (exact) mass is 519 g/mol. The topological polar surface area (TPSA) is 119 Å². The van der Waals surface area contributed by atoms with E-state index in [0.717, 1.165) is 11.1 Å². The van der Waals surface area contributed by atoms with Gasteiger partial charge in [0.1, 0.15) is 34.9 Å². The number of ether oxygens (including phenoxy) is 4. The van der Waals surface area contributed by atoms with Crippen LogP contribution < -0.4 is 20.1 Å². The quantitative estimate of drug-likeness (QED) is 0.0861. The summed E-state index contributed by atoms with van der Waals surface area (Å²) in [7, 11) is 2.96. The summed E-state index contributed by atoms with van der Waals surface area (Å²) in [4.78, 5) is 11.7. The van der Waals surface area contributed by atoms with Crippen molar-refractivity contribution in [2.24, 2.45) is 11.1 Å². The van der Waals surface area contributed by atoms with Crippen LogP contribution in [0.5, 0.6) is 23.0 Å². The van der Waals surface area contributed by atoms with Crippen molar-refractivity contribution >= 4 is 11.8 Å². The molecule has 0 radical (unpaired) electrons. The van der Waals surface area contributed by atoms with Crippen LogP contribution in [0, 0.1) is 11.2 Å². The maximum absolute atomic E-state index is 15.0. The predicted octanol–water partition coefficient (Wildman–Crippen LogP) is 5.02. The van der Waals surface area contributed by atoms with Crippen molar-refractivity contribution in [2.45, 2.75) is 31.3 Å². The largest absolute Gasteiger partial charge is 0.492 e. The van der Waals surface area contributed by atoms with Crippen molar-refractivity contribution in [1.29, 1.82) is 5.41 Å². The molecule has 2 aliphatic rings. The van der Waals surface area contributed by atoms with Crippen molar-refractivity contribution in [3.05, 3.63) is 82.7 Å². The van der Waals surface area contributed by atoms with Crippen LogP contribution in [0.2, 0.25) is 0 Å². The number of carbonyl (C=O) groups excluding carboxylic acids is 1. The summed E-state index contributed by atoms with van der Waals surface area (Å²) in [6, 6.07) is 15.5. The molecule has 1 heterocycles. The number of hydrogen-bond donors (Lipinski definition) is 2. The molecule has 0 spiro atoms. The smallest absolute Gasteiger partial charge is 0.306 e. The van der Waals surface area contributed by atoms with E-state index < -0.39 is 6.10 Å². The van der Waals surface area contributed by atoms with Gasteiger partial charge in [0, 0.05) is 33.9 Å². The molecule has 1 aliphatic heterocycles. The zero-order valence-corrected chi connectivity index (χ0v) is 21.1. The lowest BCUT2D eigenvalue weighted by molar-refractivity contribution is -0.452. The minimum absolute atomic E-state index is 0.0629. The fourth-order valence-electron chi connectivity index (χ4n) is 4.86. The summed E-state index contributed by atoms with van der Waals surface area (Å²) in [6.07, 6.45) is 0.971. The van der Waals surface area contributed by atoms with E-state index in [0.29, 0.717) is 53.6 Å². The first-order valence-electron chi connectivity index (χ1n) is 12.2. The van der Waals surface area contributed by atoms with E-state index >= 15 is 0 Å². The molecule has 2 atom stereocenters. The van der Waals surface area contributed by atoms with Gasteiger partial charge in [0.25, 0.3) is 5.84 Å². The first-order chi connectivity index (χ1) is 18.4. The number of fused-ring (bicyclic) bond motifs is 2. The normalized spacial score (nSPS) is 17.8. The zero-order valence-electron chi connectivity index (χ0n) is 21.1. The summed E-state index contributed by atoms with van der Waals surface area (Å²) in [6.45, 7) is 0.399. The number of methoxy groups -OCH3 is 1. The highest BCUT2D eigenvalue weighted by Crippen LogP contribution is 2.44. The summed E-state index contributed by atoms with van der Waals surface area (Å²) >= 11 is 0. The number of nitrogens with zero attached hydrogens (tertiary/aromatic N) is 2. The summed E-state index contributed by atoms with van der Waals surface area (Å²) in [5.74, 6) is 7.05. The molecule has 196 valence electrons. The molecule has 0 saturated carbocycles. The average Bonchev–Trinajstić information content (AvgIpc) is 3.54. The maximum atomic E-state index is 15.0. The fourth-order valence-corrected chi connectivity index (χ4v) is 4.86. The summed E-state index contributed by atoms with van der Waals surface area (Å²) < 4.78 is 39.1. The average molecular weight is 520 g/mol. The van der Waals surface area contributed by atoms with Crippen LogP contribution in [0.3, 0.4) is 0 Å². The molecule has 1 aliphatic carbocycles. The number of carbonyl (C=O) groups is 1. The third kappa shape index (κ3) is 4.89. The van der Waals surface area contributed by atoms with Crippen molar-refractivity contribution in [1.82, 2.24) is 0 Å². The van der Waals surface area contributed by atoms with E-state index in [1.807, 2.05) is 12.1 Å². The Kier molecular flexibility index (Phi) is 6.95. The van der Waals surface area contributed by atoms with Crippen LogP contribution in [0.15, 0.2) is 59.8 Å². The Hall–Kier alpha value is -4.47. The third-order valence-electron chi connectivity index (χ3n) is 6.88. The maximum Gasteiger partial charge on any atom is 0.306 e. The second kappa shape index (κ2) is 10.5. The summed E-state index contributed by atoms with van der Waals surface area (Å²) in [5, 5.41) is 11.6. The summed E-state index contributed by atoms with van der Waals surface area (Å²) in [5.41, 5.74) is 2.81. The number of esters is 1. The van der Waals surface area contributed by atoms with Crippen molar-refractivity contribution in [3.63, 3.8) is 0 Å². The van der Waals surface area contributed by atoms with Crippen LogP contribution in [0.1, 0.15) is 47.1 Å². The van der Waals surface area contributed by atoms with E-state index in [-0.39, 0.29) is 30.0 Å². The third-order valence-corrected chi connectivity index (χ3v) is 6.88. The Labute approximate surface area is 219 Å². The van der Waals surface area contributed by atoms with Gasteiger partial charge in [-0.3, -0.25) is 4.79 Å². The van der Waals surface area contributed by atoms with E-state index in [1.54, 1.807) is 43.4 Å². The molecule has 0 aromatic heterocycles. The van der Waals surface area contributed by atoms with Gasteiger partial charge in [0.2, 0.25) is 0 Å². The number of nitrogens with one attached hydrogen (secondary N) is 1. The molecule has 0 amide bonds. The van der Waals surface area contributed by atoms with Crippen molar-refractivity contribution < 1.29 is 32.8 Å². The first kappa shape index (κ1) is 25.2. The molecule has 5 rings (SSSR count). The van der Waals surface area contributed by atoms with E-state index in [1.165, 1.54) is 17.9 Å². The molecule has 0 saturated heterocycles. The Bertz CT molecular complexity index is 1420. The number of nitrogens with two attached hydrogens (primary N) is 1. The number of amidine groups is 1. The van der Waals surface area contributed by atoms with Gasteiger partial charge in [-0.2, -0.15) is 5.41 Å². The lowest BCUT2D eigenvalue weighted by Gasteiger charge is -2.17. The number of halogens is 1. The van der Waals surface area contributed by atoms with E-state index in [9.17, 15) is 9.18 Å².